The van der Waals surface area contributed by atoms with E-state index < -0.39 is 5.82 Å². The van der Waals surface area contributed by atoms with Crippen molar-refractivity contribution in [3.8, 4) is 22.4 Å². The lowest BCUT2D eigenvalue weighted by molar-refractivity contribution is 0.0953. The molecule has 0 aliphatic carbocycles. The number of aromatic nitrogens is 4. The molecule has 0 atom stereocenters. The van der Waals surface area contributed by atoms with E-state index in [1.165, 1.54) is 11.8 Å². The second-order valence-electron chi connectivity index (χ2n) is 9.11. The molecular formula is C31H24FN5O. The highest BCUT2D eigenvalue weighted by Gasteiger charge is 2.18. The van der Waals surface area contributed by atoms with Crippen molar-refractivity contribution in [2.45, 2.75) is 12.8 Å². The maximum atomic E-state index is 15.3. The first-order valence-corrected chi connectivity index (χ1v) is 12.5. The molecule has 0 aliphatic rings. The number of H-pyrrole nitrogens is 1. The Labute approximate surface area is 218 Å². The molecule has 0 bridgehead atoms. The summed E-state index contributed by atoms with van der Waals surface area (Å²) in [4.78, 5) is 28.9. The van der Waals surface area contributed by atoms with Crippen molar-refractivity contribution >= 4 is 27.8 Å². The van der Waals surface area contributed by atoms with Crippen LogP contribution in [0.2, 0.25) is 0 Å². The summed E-state index contributed by atoms with van der Waals surface area (Å²) >= 11 is 0. The quantitative estimate of drug-likeness (QED) is 0.250. The first kappa shape index (κ1) is 23.5. The number of rotatable bonds is 7. The molecule has 0 radical (unpaired) electrons. The first-order chi connectivity index (χ1) is 18.7. The minimum Gasteiger partial charge on any atom is -0.352 e. The van der Waals surface area contributed by atoms with Crippen molar-refractivity contribution in [2.75, 3.05) is 6.54 Å². The molecule has 38 heavy (non-hydrogen) atoms. The Bertz CT molecular complexity index is 1730. The monoisotopic (exact) mass is 501 g/mol. The van der Waals surface area contributed by atoms with Gasteiger partial charge >= 0.3 is 0 Å². The number of pyridine rings is 3. The topological polar surface area (TPSA) is 83.6 Å². The summed E-state index contributed by atoms with van der Waals surface area (Å²) < 4.78 is 15.3. The zero-order valence-electron chi connectivity index (χ0n) is 20.5. The number of fused-ring (bicyclic) bond motifs is 3. The fraction of sp³-hybridized carbons (Fsp3) is 0.0968. The van der Waals surface area contributed by atoms with Crippen LogP contribution >= 0.6 is 0 Å². The number of halogens is 1. The van der Waals surface area contributed by atoms with Crippen LogP contribution in [0.4, 0.5) is 4.39 Å². The third-order valence-corrected chi connectivity index (χ3v) is 6.62. The zero-order valence-corrected chi connectivity index (χ0v) is 20.5. The van der Waals surface area contributed by atoms with Crippen LogP contribution in [-0.2, 0) is 6.42 Å². The molecule has 0 aliphatic heterocycles. The fourth-order valence-corrected chi connectivity index (χ4v) is 4.72. The molecule has 7 heteroatoms. The number of nitrogens with one attached hydrogen (secondary N) is 2. The van der Waals surface area contributed by atoms with E-state index in [-0.39, 0.29) is 5.91 Å². The molecule has 0 unspecified atom stereocenters. The third-order valence-electron chi connectivity index (χ3n) is 6.62. The lowest BCUT2D eigenvalue weighted by atomic mass is 9.99. The second-order valence-corrected chi connectivity index (χ2v) is 9.11. The molecule has 0 saturated heterocycles. The van der Waals surface area contributed by atoms with E-state index in [4.69, 9.17) is 0 Å². The molecule has 6 rings (SSSR count). The van der Waals surface area contributed by atoms with Gasteiger partial charge in [-0.15, -0.1) is 0 Å². The number of amides is 1. The van der Waals surface area contributed by atoms with Crippen LogP contribution in [-0.4, -0.2) is 32.4 Å². The largest absolute Gasteiger partial charge is 0.352 e. The number of aromatic amines is 1. The Hall–Kier alpha value is -4.91. The Kier molecular flexibility index (Phi) is 6.32. The van der Waals surface area contributed by atoms with Crippen LogP contribution in [0.15, 0.2) is 97.6 Å². The smallest absolute Gasteiger partial charge is 0.251 e. The van der Waals surface area contributed by atoms with Gasteiger partial charge in [0.15, 0.2) is 0 Å². The molecule has 0 fully saturated rings. The number of nitrogens with zero attached hydrogens (tertiary/aromatic N) is 3. The predicted molar refractivity (Wildman–Crippen MR) is 147 cm³/mol. The second kappa shape index (κ2) is 10.2. The maximum Gasteiger partial charge on any atom is 0.251 e. The minimum atomic E-state index is -0.434. The summed E-state index contributed by atoms with van der Waals surface area (Å²) in [5.74, 6) is -0.583. The van der Waals surface area contributed by atoms with E-state index in [0.717, 1.165) is 35.0 Å². The van der Waals surface area contributed by atoms with Gasteiger partial charge in [-0.05, 0) is 54.3 Å². The van der Waals surface area contributed by atoms with Gasteiger partial charge in [0.2, 0.25) is 0 Å². The van der Waals surface area contributed by atoms with Gasteiger partial charge in [-0.1, -0.05) is 42.5 Å². The maximum absolute atomic E-state index is 15.3. The average molecular weight is 502 g/mol. The summed E-state index contributed by atoms with van der Waals surface area (Å²) in [6.07, 6.45) is 8.15. The Morgan fingerprint density at radius 2 is 1.74 bits per heavy atom. The molecule has 6 nitrogen and oxygen atoms in total. The standard InChI is InChI=1S/C31H24FN5O/c32-25-18-36-30-29(24-16-26(35-19-27(24)37-30)23-9-5-14-33-17-23)28(25)21-10-12-22(13-11-21)31(38)34-15-4-8-20-6-2-1-3-7-20/h1-3,5-7,9-14,16-19H,4,8,15H2,(H,34,38)(H,36,37). The highest BCUT2D eigenvalue weighted by molar-refractivity contribution is 6.13. The first-order valence-electron chi connectivity index (χ1n) is 12.5. The SMILES string of the molecule is O=C(NCCCc1ccccc1)c1ccc(-c2c(F)cnc3[nH]c4cnc(-c5cccnc5)cc4c23)cc1. The number of hydrogen-bond acceptors (Lipinski definition) is 4. The van der Waals surface area contributed by atoms with Crippen LogP contribution in [0.3, 0.4) is 0 Å². The van der Waals surface area contributed by atoms with E-state index in [1.54, 1.807) is 42.9 Å². The van der Waals surface area contributed by atoms with E-state index in [2.05, 4.69) is 37.4 Å². The number of carbonyl (C=O) groups is 1. The van der Waals surface area contributed by atoms with Gasteiger partial charge in [0.1, 0.15) is 11.5 Å². The number of benzene rings is 2. The average Bonchev–Trinajstić information content (AvgIpc) is 3.34. The van der Waals surface area contributed by atoms with Gasteiger partial charge in [-0.2, -0.15) is 0 Å². The zero-order chi connectivity index (χ0) is 25.9. The number of carbonyl (C=O) groups excluding carboxylic acids is 1. The summed E-state index contributed by atoms with van der Waals surface area (Å²) in [6, 6.07) is 22.9. The third kappa shape index (κ3) is 4.62. The van der Waals surface area contributed by atoms with E-state index >= 15 is 4.39 Å². The lowest BCUT2D eigenvalue weighted by Crippen LogP contribution is -2.24. The van der Waals surface area contributed by atoms with Gasteiger partial charge in [-0.25, -0.2) is 9.37 Å². The highest BCUT2D eigenvalue weighted by Crippen LogP contribution is 2.36. The number of hydrogen-bond donors (Lipinski definition) is 2. The van der Waals surface area contributed by atoms with Crippen molar-refractivity contribution in [1.82, 2.24) is 25.3 Å². The van der Waals surface area contributed by atoms with Crippen molar-refractivity contribution in [1.29, 1.82) is 0 Å². The van der Waals surface area contributed by atoms with Gasteiger partial charge in [0.25, 0.3) is 5.91 Å². The molecule has 0 saturated carbocycles. The lowest BCUT2D eigenvalue weighted by Gasteiger charge is -2.09. The van der Waals surface area contributed by atoms with Gasteiger partial charge in [-0.3, -0.25) is 14.8 Å². The normalized spacial score (nSPS) is 11.2. The van der Waals surface area contributed by atoms with Crippen LogP contribution in [0.5, 0.6) is 0 Å². The number of aryl methyl sites for hydroxylation is 1. The summed E-state index contributed by atoms with van der Waals surface area (Å²) in [5, 5.41) is 4.46. The van der Waals surface area contributed by atoms with E-state index in [0.29, 0.717) is 34.3 Å². The molecular weight excluding hydrogens is 477 g/mol. The summed E-state index contributed by atoms with van der Waals surface area (Å²) in [7, 11) is 0. The highest BCUT2D eigenvalue weighted by atomic mass is 19.1. The molecule has 2 N–H and O–H groups in total. The molecule has 2 aromatic carbocycles. The molecule has 4 aromatic heterocycles. The van der Waals surface area contributed by atoms with Crippen molar-refractivity contribution in [3.05, 3.63) is 115 Å². The van der Waals surface area contributed by atoms with E-state index in [9.17, 15) is 4.79 Å². The summed E-state index contributed by atoms with van der Waals surface area (Å²) in [5.41, 5.74) is 5.81. The Morgan fingerprint density at radius 1 is 0.895 bits per heavy atom. The molecule has 6 aromatic rings. The van der Waals surface area contributed by atoms with Crippen molar-refractivity contribution < 1.29 is 9.18 Å². The molecule has 1 amide bonds. The minimum absolute atomic E-state index is 0.149. The van der Waals surface area contributed by atoms with E-state index in [1.807, 2.05) is 36.4 Å². The molecule has 4 heterocycles. The van der Waals surface area contributed by atoms with Gasteiger partial charge in [0, 0.05) is 46.4 Å². The van der Waals surface area contributed by atoms with Crippen molar-refractivity contribution in [3.63, 3.8) is 0 Å². The molecule has 0 spiro atoms. The fourth-order valence-electron chi connectivity index (χ4n) is 4.72. The van der Waals surface area contributed by atoms with Crippen LogP contribution in [0.25, 0.3) is 44.3 Å². The van der Waals surface area contributed by atoms with Crippen LogP contribution < -0.4 is 5.32 Å². The summed E-state index contributed by atoms with van der Waals surface area (Å²) in [6.45, 7) is 0.581. The predicted octanol–water partition coefficient (Wildman–Crippen LogP) is 6.34. The van der Waals surface area contributed by atoms with Crippen LogP contribution in [0, 0.1) is 5.82 Å². The molecule has 186 valence electrons. The van der Waals surface area contributed by atoms with Crippen LogP contribution in [0.1, 0.15) is 22.3 Å². The Morgan fingerprint density at radius 3 is 2.53 bits per heavy atom. The Balaban J connectivity index is 1.27. The van der Waals surface area contributed by atoms with Crippen molar-refractivity contribution in [2.24, 2.45) is 0 Å². The van der Waals surface area contributed by atoms with Gasteiger partial charge < -0.3 is 10.3 Å². The van der Waals surface area contributed by atoms with Gasteiger partial charge in [0.05, 0.1) is 23.6 Å².